The molecule has 0 aromatic carbocycles. The Morgan fingerprint density at radius 3 is 2.29 bits per heavy atom. The Balaban J connectivity index is 0. The Morgan fingerprint density at radius 1 is 1.05 bits per heavy atom. The van der Waals surface area contributed by atoms with Crippen LogP contribution >= 0.6 is 7.60 Å². The zero-order chi connectivity index (χ0) is 15.1. The van der Waals surface area contributed by atoms with E-state index in [4.69, 9.17) is 10.4 Å². The van der Waals surface area contributed by atoms with Crippen LogP contribution in [0.3, 0.4) is 0 Å². The molecule has 0 heterocycles. The maximum atomic E-state index is 11.6. The van der Waals surface area contributed by atoms with Gasteiger partial charge in [0.2, 0.25) is 0 Å². The predicted octanol–water partition coefficient (Wildman–Crippen LogP) is -0.237. The standard InChI is InChI=1S/C12H31N4O3P.K.H/c1-2-3-4-5-12-20(17,18)19-16-11-10-15-9-8-14-7-6-13;;/h14-16H,2-13H2,1H3,(H,17,18);;. The number of rotatable bonds is 15. The summed E-state index contributed by atoms with van der Waals surface area (Å²) in [5.41, 5.74) is 7.89. The third-order valence-electron chi connectivity index (χ3n) is 2.70. The monoisotopic (exact) mass is 350 g/mol. The van der Waals surface area contributed by atoms with Gasteiger partial charge in [-0.3, -0.25) is 4.57 Å². The Kier molecular flexibility index (Phi) is 21.3. The van der Waals surface area contributed by atoms with E-state index in [1.807, 2.05) is 0 Å². The fourth-order valence-electron chi connectivity index (χ4n) is 1.60. The maximum absolute atomic E-state index is 11.6. The first-order valence-electron chi connectivity index (χ1n) is 7.47. The number of nitrogens with one attached hydrogen (secondary N) is 3. The number of hydrogen-bond acceptors (Lipinski definition) is 6. The van der Waals surface area contributed by atoms with Crippen molar-refractivity contribution in [3.63, 3.8) is 0 Å². The topological polar surface area (TPSA) is 109 Å². The average molecular weight is 350 g/mol. The van der Waals surface area contributed by atoms with Gasteiger partial charge in [0, 0.05) is 39.3 Å². The molecule has 0 aromatic heterocycles. The van der Waals surface area contributed by atoms with Gasteiger partial charge in [-0.25, -0.2) is 4.62 Å². The molecule has 6 N–H and O–H groups in total. The van der Waals surface area contributed by atoms with E-state index >= 15 is 0 Å². The van der Waals surface area contributed by atoms with Crippen molar-refractivity contribution in [1.82, 2.24) is 16.1 Å². The Labute approximate surface area is 171 Å². The first-order valence-corrected chi connectivity index (χ1v) is 9.23. The van der Waals surface area contributed by atoms with Crippen LogP contribution in [0.15, 0.2) is 0 Å². The molecule has 7 nitrogen and oxygen atoms in total. The molecule has 1 unspecified atom stereocenters. The van der Waals surface area contributed by atoms with Gasteiger partial charge in [0.1, 0.15) is 0 Å². The van der Waals surface area contributed by atoms with E-state index in [9.17, 15) is 9.46 Å². The molecular formula is C12H32KN4O3P. The molecule has 9 heteroatoms. The quantitative estimate of drug-likeness (QED) is 0.120. The second-order valence-corrected chi connectivity index (χ2v) is 6.60. The average Bonchev–Trinajstić information content (AvgIpc) is 2.42. The van der Waals surface area contributed by atoms with E-state index < -0.39 is 7.60 Å². The van der Waals surface area contributed by atoms with Crippen molar-refractivity contribution in [2.45, 2.75) is 32.6 Å². The molecule has 0 fully saturated rings. The Morgan fingerprint density at radius 2 is 1.67 bits per heavy atom. The Hall–Kier alpha value is 1.63. The fraction of sp³-hybridized carbons (Fsp3) is 1.00. The summed E-state index contributed by atoms with van der Waals surface area (Å²) in [4.78, 5) is 9.54. The summed E-state index contributed by atoms with van der Waals surface area (Å²) in [6.45, 7) is 6.42. The summed E-state index contributed by atoms with van der Waals surface area (Å²) in [5.74, 6) is 0. The third kappa shape index (κ3) is 19.6. The summed E-state index contributed by atoms with van der Waals surface area (Å²) in [6, 6.07) is 0. The van der Waals surface area contributed by atoms with Gasteiger partial charge in [-0.05, 0) is 6.42 Å². The van der Waals surface area contributed by atoms with Crippen LogP contribution in [0.2, 0.25) is 0 Å². The van der Waals surface area contributed by atoms with Gasteiger partial charge in [0.25, 0.3) is 0 Å². The van der Waals surface area contributed by atoms with Crippen molar-refractivity contribution >= 4 is 59.0 Å². The second-order valence-electron chi connectivity index (χ2n) is 4.70. The van der Waals surface area contributed by atoms with Crippen LogP contribution in [0.5, 0.6) is 0 Å². The van der Waals surface area contributed by atoms with Crippen molar-refractivity contribution in [3.8, 4) is 0 Å². The molecule has 0 aromatic rings. The molecule has 0 spiro atoms. The number of hydrogen-bond donors (Lipinski definition) is 5. The van der Waals surface area contributed by atoms with Crippen molar-refractivity contribution in [3.05, 3.63) is 0 Å². The third-order valence-corrected chi connectivity index (χ3v) is 4.00. The zero-order valence-corrected chi connectivity index (χ0v) is 13.5. The summed E-state index contributed by atoms with van der Waals surface area (Å²) in [5, 5.41) is 6.33. The van der Waals surface area contributed by atoms with Crippen molar-refractivity contribution in [1.29, 1.82) is 0 Å². The second kappa shape index (κ2) is 18.0. The molecule has 0 aliphatic heterocycles. The molecule has 0 radical (unpaired) electrons. The van der Waals surface area contributed by atoms with E-state index in [-0.39, 0.29) is 57.5 Å². The summed E-state index contributed by atoms with van der Waals surface area (Å²) in [6.07, 6.45) is 4.13. The van der Waals surface area contributed by atoms with E-state index in [1.165, 1.54) is 0 Å². The van der Waals surface area contributed by atoms with E-state index in [0.717, 1.165) is 45.3 Å². The van der Waals surface area contributed by atoms with Crippen LogP contribution in [0, 0.1) is 0 Å². The molecular weight excluding hydrogens is 318 g/mol. The molecule has 1 atom stereocenters. The minimum atomic E-state index is -3.47. The van der Waals surface area contributed by atoms with Gasteiger partial charge in [0.05, 0.1) is 6.16 Å². The van der Waals surface area contributed by atoms with Crippen LogP contribution in [0.1, 0.15) is 32.6 Å². The van der Waals surface area contributed by atoms with Gasteiger partial charge < -0.3 is 21.3 Å². The number of unbranched alkanes of at least 4 members (excludes halogenated alkanes) is 3. The summed E-state index contributed by atoms with van der Waals surface area (Å²) < 4.78 is 16.5. The molecule has 124 valence electrons. The molecule has 0 aliphatic rings. The Bertz CT molecular complexity index is 263. The van der Waals surface area contributed by atoms with Crippen molar-refractivity contribution in [2.24, 2.45) is 5.73 Å². The van der Waals surface area contributed by atoms with Crippen LogP contribution in [0.4, 0.5) is 0 Å². The number of hydroxylamine groups is 1. The van der Waals surface area contributed by atoms with Crippen LogP contribution < -0.4 is 21.8 Å². The van der Waals surface area contributed by atoms with Crippen LogP contribution in [0.25, 0.3) is 0 Å². The van der Waals surface area contributed by atoms with E-state index in [2.05, 4.69) is 23.0 Å². The predicted molar refractivity (Wildman–Crippen MR) is 89.9 cm³/mol. The van der Waals surface area contributed by atoms with Crippen LogP contribution in [-0.2, 0) is 9.19 Å². The van der Waals surface area contributed by atoms with Crippen molar-refractivity contribution < 1.29 is 14.1 Å². The molecule has 0 saturated carbocycles. The molecule has 0 amide bonds. The van der Waals surface area contributed by atoms with Crippen LogP contribution in [-0.4, -0.2) is 102 Å². The minimum absolute atomic E-state index is 0. The fourth-order valence-corrected chi connectivity index (χ4v) is 2.61. The number of nitrogens with two attached hydrogens (primary N) is 1. The molecule has 0 rings (SSSR count). The van der Waals surface area contributed by atoms with Gasteiger partial charge >= 0.3 is 59.0 Å². The van der Waals surface area contributed by atoms with Crippen molar-refractivity contribution in [2.75, 3.05) is 45.4 Å². The molecule has 0 aliphatic carbocycles. The van der Waals surface area contributed by atoms with Gasteiger partial charge in [-0.2, -0.15) is 5.48 Å². The summed E-state index contributed by atoms with van der Waals surface area (Å²) >= 11 is 0. The molecule has 21 heavy (non-hydrogen) atoms. The van der Waals surface area contributed by atoms with E-state index in [0.29, 0.717) is 19.6 Å². The normalized spacial score (nSPS) is 13.7. The van der Waals surface area contributed by atoms with Gasteiger partial charge in [0.15, 0.2) is 0 Å². The first-order chi connectivity index (χ1) is 9.62. The summed E-state index contributed by atoms with van der Waals surface area (Å²) in [7, 11) is -3.47. The van der Waals surface area contributed by atoms with Gasteiger partial charge in [-0.1, -0.05) is 26.2 Å². The molecule has 0 saturated heterocycles. The van der Waals surface area contributed by atoms with E-state index in [1.54, 1.807) is 0 Å². The zero-order valence-electron chi connectivity index (χ0n) is 12.6. The van der Waals surface area contributed by atoms with Gasteiger partial charge in [-0.15, -0.1) is 0 Å². The molecule has 0 bridgehead atoms. The first kappa shape index (κ1) is 24.9. The SMILES string of the molecule is CCCCCCP(=O)(O)ONCCNCCNCCN.[KH].